The molecule has 0 saturated carbocycles. The number of hydrogen-bond acceptors (Lipinski definition) is 6. The van der Waals surface area contributed by atoms with Crippen molar-refractivity contribution in [3.8, 4) is 17.2 Å². The van der Waals surface area contributed by atoms with Gasteiger partial charge in [0.15, 0.2) is 0 Å². The molecular weight excluding hydrogens is 423 g/mol. The molecule has 0 fully saturated rings. The molecule has 0 spiro atoms. The average molecular weight is 442 g/mol. The van der Waals surface area contributed by atoms with Crippen LogP contribution in [-0.2, 0) is 23.1 Å². The van der Waals surface area contributed by atoms with Gasteiger partial charge < -0.3 is 13.6 Å². The highest BCUT2D eigenvalue weighted by Crippen LogP contribution is 2.26. The average Bonchev–Trinajstić information content (AvgIpc) is 3.46. The second kappa shape index (κ2) is 8.75. The van der Waals surface area contributed by atoms with Gasteiger partial charge >= 0.3 is 0 Å². The van der Waals surface area contributed by atoms with E-state index in [1.165, 1.54) is 30.7 Å². The first-order chi connectivity index (χ1) is 15.0. The van der Waals surface area contributed by atoms with E-state index in [1.54, 1.807) is 43.5 Å². The first-order valence-corrected chi connectivity index (χ1v) is 10.8. The van der Waals surface area contributed by atoms with Gasteiger partial charge in [-0.3, -0.25) is 0 Å². The van der Waals surface area contributed by atoms with Crippen LogP contribution in [0.3, 0.4) is 0 Å². The monoisotopic (exact) mass is 442 g/mol. The molecule has 7 nitrogen and oxygen atoms in total. The summed E-state index contributed by atoms with van der Waals surface area (Å²) in [6.07, 6.45) is 2.83. The number of halogens is 1. The molecular formula is C22H19FN2O5S. The molecule has 2 aromatic carbocycles. The maximum absolute atomic E-state index is 14.3. The van der Waals surface area contributed by atoms with Gasteiger partial charge in [0.25, 0.3) is 0 Å². The normalized spacial score (nSPS) is 11.7. The smallest absolute Gasteiger partial charge is 0.246 e. The summed E-state index contributed by atoms with van der Waals surface area (Å²) in [5.74, 6) is 0.611. The van der Waals surface area contributed by atoms with Crippen molar-refractivity contribution in [1.82, 2.24) is 9.29 Å². The van der Waals surface area contributed by atoms with Gasteiger partial charge in [0, 0.05) is 5.56 Å². The molecule has 0 aliphatic heterocycles. The SMILES string of the molecule is COc1ccc(-c2nc(CN(Cc3ccco3)S(=O)(=O)c3ccccc3F)co2)cc1. The fraction of sp³-hybridized carbons (Fsp3) is 0.136. The Hall–Kier alpha value is -3.43. The summed E-state index contributed by atoms with van der Waals surface area (Å²) in [5.41, 5.74) is 1.08. The van der Waals surface area contributed by atoms with Crippen LogP contribution >= 0.6 is 0 Å². The lowest BCUT2D eigenvalue weighted by Gasteiger charge is -2.20. The zero-order valence-electron chi connectivity index (χ0n) is 16.6. The summed E-state index contributed by atoms with van der Waals surface area (Å²) in [4.78, 5) is 3.98. The number of benzene rings is 2. The molecule has 0 bridgehead atoms. The second-order valence-electron chi connectivity index (χ2n) is 6.66. The Morgan fingerprint density at radius 2 is 1.77 bits per heavy atom. The minimum atomic E-state index is -4.17. The van der Waals surface area contributed by atoms with Crippen LogP contribution in [0.5, 0.6) is 5.75 Å². The molecule has 0 aliphatic carbocycles. The van der Waals surface area contributed by atoms with E-state index in [1.807, 2.05) is 0 Å². The summed E-state index contributed by atoms with van der Waals surface area (Å²) in [6, 6.07) is 15.6. The number of furan rings is 1. The minimum absolute atomic E-state index is 0.0889. The molecule has 9 heteroatoms. The summed E-state index contributed by atoms with van der Waals surface area (Å²) < 4.78 is 57.8. The fourth-order valence-electron chi connectivity index (χ4n) is 3.02. The molecule has 4 rings (SSSR count). The molecule has 31 heavy (non-hydrogen) atoms. The molecule has 160 valence electrons. The van der Waals surface area contributed by atoms with Crippen molar-refractivity contribution in [3.05, 3.63) is 90.5 Å². The number of sulfonamides is 1. The molecule has 0 atom stereocenters. The van der Waals surface area contributed by atoms with Gasteiger partial charge in [-0.15, -0.1) is 0 Å². The largest absolute Gasteiger partial charge is 0.497 e. The van der Waals surface area contributed by atoms with Crippen molar-refractivity contribution < 1.29 is 26.4 Å². The predicted molar refractivity (Wildman–Crippen MR) is 110 cm³/mol. The van der Waals surface area contributed by atoms with Gasteiger partial charge in [0.2, 0.25) is 15.9 Å². The van der Waals surface area contributed by atoms with Gasteiger partial charge in [0.05, 0.1) is 32.2 Å². The first-order valence-electron chi connectivity index (χ1n) is 9.33. The third-order valence-electron chi connectivity index (χ3n) is 4.59. The molecule has 0 saturated heterocycles. The summed E-state index contributed by atoms with van der Waals surface area (Å²) in [7, 11) is -2.60. The number of aromatic nitrogens is 1. The zero-order chi connectivity index (χ0) is 21.8. The van der Waals surface area contributed by atoms with Crippen molar-refractivity contribution in [2.75, 3.05) is 7.11 Å². The molecule has 0 aliphatic rings. The lowest BCUT2D eigenvalue weighted by molar-refractivity contribution is 0.353. The van der Waals surface area contributed by atoms with Gasteiger partial charge in [-0.2, -0.15) is 4.31 Å². The van der Waals surface area contributed by atoms with Crippen LogP contribution in [0.1, 0.15) is 11.5 Å². The molecule has 4 aromatic rings. The highest BCUT2D eigenvalue weighted by atomic mass is 32.2. The van der Waals surface area contributed by atoms with Crippen LogP contribution in [0.4, 0.5) is 4.39 Å². The van der Waals surface area contributed by atoms with Crippen molar-refractivity contribution in [2.45, 2.75) is 18.0 Å². The Labute approximate surface area is 178 Å². The van der Waals surface area contributed by atoms with E-state index < -0.39 is 20.7 Å². The highest BCUT2D eigenvalue weighted by molar-refractivity contribution is 7.89. The summed E-state index contributed by atoms with van der Waals surface area (Å²) in [5, 5.41) is 0. The van der Waals surface area contributed by atoms with Crippen LogP contribution in [-0.4, -0.2) is 24.8 Å². The molecule has 0 amide bonds. The van der Waals surface area contributed by atoms with Crippen LogP contribution in [0.15, 0.2) is 86.9 Å². The lowest BCUT2D eigenvalue weighted by atomic mass is 10.2. The Bertz CT molecular complexity index is 1250. The van der Waals surface area contributed by atoms with Crippen LogP contribution in [0, 0.1) is 5.82 Å². The molecule has 2 heterocycles. The summed E-state index contributed by atoms with van der Waals surface area (Å²) >= 11 is 0. The fourth-order valence-corrected chi connectivity index (χ4v) is 4.46. The number of rotatable bonds is 8. The van der Waals surface area contributed by atoms with Gasteiger partial charge in [-0.25, -0.2) is 17.8 Å². The highest BCUT2D eigenvalue weighted by Gasteiger charge is 2.29. The van der Waals surface area contributed by atoms with Crippen molar-refractivity contribution in [1.29, 1.82) is 0 Å². The van der Waals surface area contributed by atoms with E-state index in [4.69, 9.17) is 13.6 Å². The summed E-state index contributed by atoms with van der Waals surface area (Å²) in [6.45, 7) is -0.217. The van der Waals surface area contributed by atoms with Crippen LogP contribution in [0.25, 0.3) is 11.5 Å². The van der Waals surface area contributed by atoms with Crippen molar-refractivity contribution >= 4 is 10.0 Å². The van der Waals surface area contributed by atoms with Crippen LogP contribution in [0.2, 0.25) is 0 Å². The third-order valence-corrected chi connectivity index (χ3v) is 6.42. The lowest BCUT2D eigenvalue weighted by Crippen LogP contribution is -2.31. The number of nitrogens with zero attached hydrogens (tertiary/aromatic N) is 2. The van der Waals surface area contributed by atoms with E-state index in [-0.39, 0.29) is 13.1 Å². The van der Waals surface area contributed by atoms with E-state index in [2.05, 4.69) is 4.98 Å². The molecule has 0 radical (unpaired) electrons. The predicted octanol–water partition coefficient (Wildman–Crippen LogP) is 4.47. The maximum atomic E-state index is 14.3. The second-order valence-corrected chi connectivity index (χ2v) is 8.56. The quantitative estimate of drug-likeness (QED) is 0.400. The standard InChI is InChI=1S/C22H19FN2O5S/c1-28-18-10-8-16(9-11-18)22-24-17(15-30-22)13-25(14-19-5-4-12-29-19)31(26,27)21-7-3-2-6-20(21)23/h2-12,15H,13-14H2,1H3. The molecule has 2 aromatic heterocycles. The Kier molecular flexibility index (Phi) is 5.88. The molecule has 0 N–H and O–H groups in total. The Morgan fingerprint density at radius 1 is 1.00 bits per heavy atom. The van der Waals surface area contributed by atoms with Crippen molar-refractivity contribution in [3.63, 3.8) is 0 Å². The number of oxazole rings is 1. The van der Waals surface area contributed by atoms with E-state index in [0.717, 1.165) is 10.4 Å². The third kappa shape index (κ3) is 4.52. The number of hydrogen-bond donors (Lipinski definition) is 0. The maximum Gasteiger partial charge on any atom is 0.246 e. The number of methoxy groups -OCH3 is 1. The Balaban J connectivity index is 1.64. The Morgan fingerprint density at radius 3 is 2.45 bits per heavy atom. The van der Waals surface area contributed by atoms with Crippen molar-refractivity contribution in [2.24, 2.45) is 0 Å². The topological polar surface area (TPSA) is 85.8 Å². The van der Waals surface area contributed by atoms with Crippen LogP contribution < -0.4 is 4.74 Å². The number of ether oxygens (including phenoxy) is 1. The van der Waals surface area contributed by atoms with Gasteiger partial charge in [0.1, 0.15) is 28.5 Å². The first kappa shape index (κ1) is 20.8. The zero-order valence-corrected chi connectivity index (χ0v) is 17.4. The minimum Gasteiger partial charge on any atom is -0.497 e. The van der Waals surface area contributed by atoms with E-state index >= 15 is 0 Å². The van der Waals surface area contributed by atoms with Gasteiger partial charge in [-0.05, 0) is 48.5 Å². The van der Waals surface area contributed by atoms with E-state index in [0.29, 0.717) is 28.7 Å². The molecule has 0 unspecified atom stereocenters. The van der Waals surface area contributed by atoms with Gasteiger partial charge in [-0.1, -0.05) is 12.1 Å². The van der Waals surface area contributed by atoms with E-state index in [9.17, 15) is 12.8 Å².